The Morgan fingerprint density at radius 1 is 1.26 bits per heavy atom. The summed E-state index contributed by atoms with van der Waals surface area (Å²) in [6, 6.07) is 6.28. The molecule has 0 aliphatic carbocycles. The van der Waals surface area contributed by atoms with Crippen molar-refractivity contribution in [3.63, 3.8) is 0 Å². The second kappa shape index (κ2) is 4.56. The molecular weight excluding hydrogens is 251 g/mol. The summed E-state index contributed by atoms with van der Waals surface area (Å²) in [6.45, 7) is 0.158. The Labute approximate surface area is 108 Å². The van der Waals surface area contributed by atoms with Crippen LogP contribution >= 0.6 is 0 Å². The molecule has 0 saturated heterocycles. The maximum Gasteiger partial charge on any atom is 0.258 e. The van der Waals surface area contributed by atoms with Crippen LogP contribution in [0.1, 0.15) is 10.4 Å². The first kappa shape index (κ1) is 11.5. The van der Waals surface area contributed by atoms with Crippen molar-refractivity contribution in [3.8, 4) is 11.5 Å². The monoisotopic (exact) mass is 260 g/mol. The number of carbonyl (C=O) groups is 1. The number of benzene rings is 1. The number of fused-ring (bicyclic) bond motifs is 1. The van der Waals surface area contributed by atoms with Crippen LogP contribution in [0.25, 0.3) is 0 Å². The van der Waals surface area contributed by atoms with Gasteiger partial charge in [0.05, 0.1) is 11.8 Å². The van der Waals surface area contributed by atoms with E-state index in [9.17, 15) is 9.18 Å². The third-order valence-electron chi connectivity index (χ3n) is 2.65. The minimum Gasteiger partial charge on any atom is -0.454 e. The number of halogens is 1. The van der Waals surface area contributed by atoms with Crippen LogP contribution in [0.15, 0.2) is 36.7 Å². The predicted molar refractivity (Wildman–Crippen MR) is 64.7 cm³/mol. The lowest BCUT2D eigenvalue weighted by Crippen LogP contribution is -2.13. The van der Waals surface area contributed by atoms with Crippen LogP contribution in [0.4, 0.5) is 10.1 Å². The van der Waals surface area contributed by atoms with E-state index in [4.69, 9.17) is 9.47 Å². The predicted octanol–water partition coefficient (Wildman–Crippen LogP) is 2.20. The molecule has 2 heterocycles. The van der Waals surface area contributed by atoms with Gasteiger partial charge < -0.3 is 14.8 Å². The summed E-state index contributed by atoms with van der Waals surface area (Å²) >= 11 is 0. The molecule has 1 aromatic heterocycles. The second-order valence-electron chi connectivity index (χ2n) is 3.88. The maximum absolute atomic E-state index is 13.4. The van der Waals surface area contributed by atoms with E-state index in [1.54, 1.807) is 18.2 Å². The van der Waals surface area contributed by atoms with E-state index in [0.29, 0.717) is 17.2 Å². The summed E-state index contributed by atoms with van der Waals surface area (Å²) in [4.78, 5) is 15.5. The van der Waals surface area contributed by atoms with Gasteiger partial charge in [-0.1, -0.05) is 0 Å². The number of rotatable bonds is 2. The molecule has 6 heteroatoms. The molecule has 0 saturated carbocycles. The third kappa shape index (κ3) is 2.20. The van der Waals surface area contributed by atoms with Gasteiger partial charge in [0, 0.05) is 18.0 Å². The first-order chi connectivity index (χ1) is 9.24. The van der Waals surface area contributed by atoms with Crippen molar-refractivity contribution in [3.05, 3.63) is 48.0 Å². The lowest BCUT2D eigenvalue weighted by atomic mass is 10.2. The molecule has 0 fully saturated rings. The van der Waals surface area contributed by atoms with E-state index in [0.717, 1.165) is 6.20 Å². The normalized spacial score (nSPS) is 12.3. The van der Waals surface area contributed by atoms with Crippen LogP contribution in [-0.4, -0.2) is 17.7 Å². The molecule has 1 amide bonds. The number of amides is 1. The molecule has 1 aromatic carbocycles. The standard InChI is InChI=1S/C13H9FN2O3/c14-10-6-15-4-3-9(10)13(17)16-8-1-2-11-12(5-8)19-7-18-11/h1-6H,7H2,(H,16,17). The number of aromatic nitrogens is 1. The van der Waals surface area contributed by atoms with Crippen molar-refractivity contribution in [2.24, 2.45) is 0 Å². The highest BCUT2D eigenvalue weighted by Crippen LogP contribution is 2.34. The Balaban J connectivity index is 1.82. The molecule has 1 aliphatic heterocycles. The van der Waals surface area contributed by atoms with E-state index in [1.165, 1.54) is 12.3 Å². The first-order valence-corrected chi connectivity index (χ1v) is 5.54. The van der Waals surface area contributed by atoms with Gasteiger partial charge in [0.1, 0.15) is 0 Å². The lowest BCUT2D eigenvalue weighted by molar-refractivity contribution is 0.102. The van der Waals surface area contributed by atoms with Gasteiger partial charge >= 0.3 is 0 Å². The molecule has 1 N–H and O–H groups in total. The molecular formula is C13H9FN2O3. The smallest absolute Gasteiger partial charge is 0.258 e. The van der Waals surface area contributed by atoms with Crippen molar-refractivity contribution in [1.82, 2.24) is 4.98 Å². The molecule has 0 atom stereocenters. The number of anilines is 1. The first-order valence-electron chi connectivity index (χ1n) is 5.54. The van der Waals surface area contributed by atoms with Crippen molar-refractivity contribution >= 4 is 11.6 Å². The molecule has 96 valence electrons. The lowest BCUT2D eigenvalue weighted by Gasteiger charge is -2.06. The Morgan fingerprint density at radius 2 is 2.11 bits per heavy atom. The van der Waals surface area contributed by atoms with Crippen LogP contribution < -0.4 is 14.8 Å². The highest BCUT2D eigenvalue weighted by Gasteiger charge is 2.16. The number of nitrogens with one attached hydrogen (secondary N) is 1. The van der Waals surface area contributed by atoms with Crippen molar-refractivity contribution in [1.29, 1.82) is 0 Å². The van der Waals surface area contributed by atoms with Gasteiger partial charge in [-0.2, -0.15) is 0 Å². The van der Waals surface area contributed by atoms with Crippen LogP contribution in [-0.2, 0) is 0 Å². The molecule has 3 rings (SSSR count). The summed E-state index contributed by atoms with van der Waals surface area (Å²) < 4.78 is 23.7. The summed E-state index contributed by atoms with van der Waals surface area (Å²) in [5, 5.41) is 2.59. The number of carbonyl (C=O) groups excluding carboxylic acids is 1. The Hall–Kier alpha value is -2.63. The van der Waals surface area contributed by atoms with E-state index in [1.807, 2.05) is 0 Å². The number of nitrogens with zero attached hydrogens (tertiary/aromatic N) is 1. The largest absolute Gasteiger partial charge is 0.454 e. The molecule has 2 aromatic rings. The van der Waals surface area contributed by atoms with Gasteiger partial charge in [0.25, 0.3) is 5.91 Å². The summed E-state index contributed by atoms with van der Waals surface area (Å²) in [5.74, 6) is -0.0411. The number of hydrogen-bond acceptors (Lipinski definition) is 4. The zero-order valence-corrected chi connectivity index (χ0v) is 9.72. The average Bonchev–Trinajstić information content (AvgIpc) is 2.86. The van der Waals surface area contributed by atoms with Crippen LogP contribution in [0.2, 0.25) is 0 Å². The molecule has 5 nitrogen and oxygen atoms in total. The Morgan fingerprint density at radius 3 is 2.95 bits per heavy atom. The fourth-order valence-corrected chi connectivity index (χ4v) is 1.73. The minimum absolute atomic E-state index is 0.0623. The molecule has 19 heavy (non-hydrogen) atoms. The van der Waals surface area contributed by atoms with Crippen LogP contribution in [0.3, 0.4) is 0 Å². The Kier molecular flexibility index (Phi) is 2.75. The van der Waals surface area contributed by atoms with Crippen LogP contribution in [0.5, 0.6) is 11.5 Å². The topological polar surface area (TPSA) is 60.5 Å². The van der Waals surface area contributed by atoms with Crippen molar-refractivity contribution in [2.75, 3.05) is 12.1 Å². The number of pyridine rings is 1. The summed E-state index contributed by atoms with van der Waals surface area (Å²) in [7, 11) is 0. The molecule has 0 unspecified atom stereocenters. The number of ether oxygens (including phenoxy) is 2. The summed E-state index contributed by atoms with van der Waals surface area (Å²) in [5.41, 5.74) is 0.443. The highest BCUT2D eigenvalue weighted by atomic mass is 19.1. The van der Waals surface area contributed by atoms with E-state index < -0.39 is 11.7 Å². The van der Waals surface area contributed by atoms with Gasteiger partial charge in [0.15, 0.2) is 17.3 Å². The molecule has 0 bridgehead atoms. The van der Waals surface area contributed by atoms with E-state index >= 15 is 0 Å². The van der Waals surface area contributed by atoms with Crippen molar-refractivity contribution in [2.45, 2.75) is 0 Å². The minimum atomic E-state index is -0.666. The molecule has 0 spiro atoms. The zero-order valence-electron chi connectivity index (χ0n) is 9.72. The highest BCUT2D eigenvalue weighted by molar-refractivity contribution is 6.04. The SMILES string of the molecule is O=C(Nc1ccc2c(c1)OCO2)c1ccncc1F. The van der Waals surface area contributed by atoms with Crippen molar-refractivity contribution < 1.29 is 18.7 Å². The van der Waals surface area contributed by atoms with Gasteiger partial charge in [0.2, 0.25) is 6.79 Å². The second-order valence-corrected chi connectivity index (χ2v) is 3.88. The zero-order chi connectivity index (χ0) is 13.2. The van der Waals surface area contributed by atoms with Gasteiger partial charge in [-0.25, -0.2) is 4.39 Å². The maximum atomic E-state index is 13.4. The molecule has 0 radical (unpaired) electrons. The Bertz CT molecular complexity index is 646. The third-order valence-corrected chi connectivity index (χ3v) is 2.65. The van der Waals surface area contributed by atoms with E-state index in [-0.39, 0.29) is 12.4 Å². The van der Waals surface area contributed by atoms with Gasteiger partial charge in [-0.3, -0.25) is 9.78 Å². The van der Waals surface area contributed by atoms with E-state index in [2.05, 4.69) is 10.3 Å². The van der Waals surface area contributed by atoms with Crippen LogP contribution in [0, 0.1) is 5.82 Å². The fraction of sp³-hybridized carbons (Fsp3) is 0.0769. The average molecular weight is 260 g/mol. The summed E-state index contributed by atoms with van der Waals surface area (Å²) in [6.07, 6.45) is 2.35. The quantitative estimate of drug-likeness (QED) is 0.899. The van der Waals surface area contributed by atoms with Gasteiger partial charge in [-0.05, 0) is 18.2 Å². The molecule has 1 aliphatic rings. The number of hydrogen-bond donors (Lipinski definition) is 1. The van der Waals surface area contributed by atoms with Gasteiger partial charge in [-0.15, -0.1) is 0 Å². The fourth-order valence-electron chi connectivity index (χ4n) is 1.73.